The van der Waals surface area contributed by atoms with Gasteiger partial charge >= 0.3 is 6.09 Å². The third-order valence-electron chi connectivity index (χ3n) is 7.22. The van der Waals surface area contributed by atoms with Crippen LogP contribution >= 0.6 is 0 Å². The van der Waals surface area contributed by atoms with Crippen molar-refractivity contribution in [3.05, 3.63) is 125 Å². The number of carbonyl (C=O) groups excluding carboxylic acids is 2. The minimum absolute atomic E-state index is 0.104. The number of carbonyl (C=O) groups is 2. The Morgan fingerprint density at radius 2 is 1.30 bits per heavy atom. The van der Waals surface area contributed by atoms with Crippen molar-refractivity contribution in [3.8, 4) is 16.9 Å². The number of phenolic OH excluding ortho intramolecular Hbond substituents is 1. The third kappa shape index (κ3) is 6.33. The third-order valence-corrected chi connectivity index (χ3v) is 7.22. The molecule has 5 rings (SSSR count). The molecule has 204 valence electrons. The maximum atomic E-state index is 13.4. The largest absolute Gasteiger partial charge is 0.508 e. The number of rotatable bonds is 10. The smallest absolute Gasteiger partial charge is 0.407 e. The first kappa shape index (κ1) is 27.0. The van der Waals surface area contributed by atoms with Gasteiger partial charge in [0.1, 0.15) is 18.4 Å². The van der Waals surface area contributed by atoms with Crippen LogP contribution in [0.2, 0.25) is 0 Å². The standard InChI is InChI=1S/C33H32N2O5/c36-20-24(18-22-8-2-1-3-9-22)34-32(38)31(19-23-14-16-25(37)17-15-23)35-33(39)40-21-30-28-12-6-4-10-26(28)27-11-5-7-13-29(27)30/h1-17,24,30-31,36-37H,18-21H2,(H,34,38)(H,35,39)/t24-,31-/m0/s1. The van der Waals surface area contributed by atoms with Gasteiger partial charge in [-0.2, -0.15) is 0 Å². The minimum Gasteiger partial charge on any atom is -0.508 e. The molecule has 1 aliphatic rings. The molecule has 2 atom stereocenters. The molecule has 2 amide bonds. The van der Waals surface area contributed by atoms with Crippen LogP contribution in [0.3, 0.4) is 0 Å². The number of phenols is 1. The van der Waals surface area contributed by atoms with E-state index < -0.39 is 24.1 Å². The molecule has 1 aliphatic carbocycles. The highest BCUT2D eigenvalue weighted by Gasteiger charge is 2.30. The Kier molecular flexibility index (Phi) is 8.42. The van der Waals surface area contributed by atoms with Gasteiger partial charge in [-0.1, -0.05) is 91.0 Å². The highest BCUT2D eigenvalue weighted by atomic mass is 16.5. The summed E-state index contributed by atoms with van der Waals surface area (Å²) in [5.41, 5.74) is 6.18. The summed E-state index contributed by atoms with van der Waals surface area (Å²) >= 11 is 0. The molecule has 4 aromatic carbocycles. The molecule has 0 saturated carbocycles. The Hall–Kier alpha value is -4.62. The second-order valence-corrected chi connectivity index (χ2v) is 9.97. The number of ether oxygens (including phenoxy) is 1. The van der Waals surface area contributed by atoms with Crippen LogP contribution < -0.4 is 10.6 Å². The second kappa shape index (κ2) is 12.5. The van der Waals surface area contributed by atoms with Gasteiger partial charge in [0.2, 0.25) is 5.91 Å². The molecule has 0 unspecified atom stereocenters. The Balaban J connectivity index is 1.27. The first-order valence-corrected chi connectivity index (χ1v) is 13.4. The van der Waals surface area contributed by atoms with E-state index in [2.05, 4.69) is 22.8 Å². The van der Waals surface area contributed by atoms with Gasteiger partial charge < -0.3 is 25.6 Å². The number of hydrogen-bond acceptors (Lipinski definition) is 5. The number of benzene rings is 4. The molecule has 0 aromatic heterocycles. The summed E-state index contributed by atoms with van der Waals surface area (Å²) in [4.78, 5) is 26.4. The van der Waals surface area contributed by atoms with E-state index in [1.54, 1.807) is 12.1 Å². The van der Waals surface area contributed by atoms with Crippen molar-refractivity contribution in [2.45, 2.75) is 30.8 Å². The van der Waals surface area contributed by atoms with Gasteiger partial charge in [0.15, 0.2) is 0 Å². The molecular formula is C33H32N2O5. The number of amides is 2. The quantitative estimate of drug-likeness (QED) is 0.238. The van der Waals surface area contributed by atoms with Crippen molar-refractivity contribution in [1.82, 2.24) is 10.6 Å². The van der Waals surface area contributed by atoms with Gasteiger partial charge in [-0.3, -0.25) is 4.79 Å². The number of nitrogens with one attached hydrogen (secondary N) is 2. The summed E-state index contributed by atoms with van der Waals surface area (Å²) in [6.45, 7) is -0.127. The summed E-state index contributed by atoms with van der Waals surface area (Å²) in [6, 6.07) is 30.7. The Labute approximate surface area is 233 Å². The van der Waals surface area contributed by atoms with Crippen molar-refractivity contribution in [3.63, 3.8) is 0 Å². The molecule has 0 bridgehead atoms. The molecule has 0 spiro atoms. The predicted octanol–water partition coefficient (Wildman–Crippen LogP) is 4.56. The molecular weight excluding hydrogens is 504 g/mol. The van der Waals surface area contributed by atoms with Crippen molar-refractivity contribution in [1.29, 1.82) is 0 Å². The van der Waals surface area contributed by atoms with E-state index in [0.29, 0.717) is 6.42 Å². The summed E-state index contributed by atoms with van der Waals surface area (Å²) < 4.78 is 5.68. The van der Waals surface area contributed by atoms with E-state index in [-0.39, 0.29) is 31.3 Å². The van der Waals surface area contributed by atoms with Crippen LogP contribution in [0, 0.1) is 0 Å². The fourth-order valence-corrected chi connectivity index (χ4v) is 5.22. The van der Waals surface area contributed by atoms with Gasteiger partial charge in [-0.05, 0) is 51.9 Å². The van der Waals surface area contributed by atoms with Gasteiger partial charge in [-0.15, -0.1) is 0 Å². The molecule has 40 heavy (non-hydrogen) atoms. The zero-order valence-corrected chi connectivity index (χ0v) is 22.0. The number of fused-ring (bicyclic) bond motifs is 3. The van der Waals surface area contributed by atoms with E-state index in [1.165, 1.54) is 12.1 Å². The Bertz CT molecular complexity index is 1410. The minimum atomic E-state index is -0.954. The first-order chi connectivity index (χ1) is 19.5. The van der Waals surface area contributed by atoms with E-state index in [4.69, 9.17) is 4.74 Å². The van der Waals surface area contributed by atoms with Crippen LogP contribution in [0.5, 0.6) is 5.75 Å². The number of alkyl carbamates (subject to hydrolysis) is 1. The zero-order valence-electron chi connectivity index (χ0n) is 22.0. The maximum Gasteiger partial charge on any atom is 0.407 e. The molecule has 4 N–H and O–H groups in total. The average molecular weight is 537 g/mol. The number of aliphatic hydroxyl groups excluding tert-OH is 1. The van der Waals surface area contributed by atoms with Crippen LogP contribution in [0.25, 0.3) is 11.1 Å². The van der Waals surface area contributed by atoms with E-state index >= 15 is 0 Å². The lowest BCUT2D eigenvalue weighted by atomic mass is 9.98. The molecule has 4 aromatic rings. The SMILES string of the molecule is O=C(N[C@@H](Cc1ccc(O)cc1)C(=O)N[C@H](CO)Cc1ccccc1)OCC1c2ccccc2-c2ccccc21. The summed E-state index contributed by atoms with van der Waals surface area (Å²) in [7, 11) is 0. The molecule has 7 nitrogen and oxygen atoms in total. The summed E-state index contributed by atoms with van der Waals surface area (Å²) in [5, 5.41) is 25.2. The second-order valence-electron chi connectivity index (χ2n) is 9.97. The average Bonchev–Trinajstić information content (AvgIpc) is 3.30. The Morgan fingerprint density at radius 3 is 1.93 bits per heavy atom. The number of aliphatic hydroxyl groups is 1. The van der Waals surface area contributed by atoms with Crippen molar-refractivity contribution in [2.24, 2.45) is 0 Å². The van der Waals surface area contributed by atoms with Crippen LogP contribution in [0.4, 0.5) is 4.79 Å². The number of hydrogen-bond donors (Lipinski definition) is 4. The highest BCUT2D eigenvalue weighted by molar-refractivity contribution is 5.86. The predicted molar refractivity (Wildman–Crippen MR) is 153 cm³/mol. The fraction of sp³-hybridized carbons (Fsp3) is 0.212. The number of aromatic hydroxyl groups is 1. The summed E-state index contributed by atoms with van der Waals surface area (Å²) in [6.07, 6.45) is -0.0795. The monoisotopic (exact) mass is 536 g/mol. The lowest BCUT2D eigenvalue weighted by Gasteiger charge is -2.23. The highest BCUT2D eigenvalue weighted by Crippen LogP contribution is 2.44. The van der Waals surface area contributed by atoms with Gasteiger partial charge in [-0.25, -0.2) is 4.79 Å². The topological polar surface area (TPSA) is 108 Å². The molecule has 0 radical (unpaired) electrons. The van der Waals surface area contributed by atoms with Crippen LogP contribution in [-0.2, 0) is 22.4 Å². The molecule has 0 fully saturated rings. The molecule has 7 heteroatoms. The molecule has 0 heterocycles. The van der Waals surface area contributed by atoms with E-state index in [1.807, 2.05) is 66.7 Å². The summed E-state index contributed by atoms with van der Waals surface area (Å²) in [5.74, 6) is -0.429. The van der Waals surface area contributed by atoms with Gasteiger partial charge in [0.25, 0.3) is 0 Å². The van der Waals surface area contributed by atoms with Crippen molar-refractivity contribution >= 4 is 12.0 Å². The van der Waals surface area contributed by atoms with Gasteiger partial charge in [0.05, 0.1) is 12.6 Å². The van der Waals surface area contributed by atoms with E-state index in [0.717, 1.165) is 33.4 Å². The van der Waals surface area contributed by atoms with Crippen LogP contribution in [0.1, 0.15) is 28.2 Å². The molecule has 0 aliphatic heterocycles. The Morgan fingerprint density at radius 1 is 0.725 bits per heavy atom. The lowest BCUT2D eigenvalue weighted by molar-refractivity contribution is -0.124. The normalized spacial score (nSPS) is 13.5. The maximum absolute atomic E-state index is 13.4. The van der Waals surface area contributed by atoms with Crippen molar-refractivity contribution in [2.75, 3.05) is 13.2 Å². The van der Waals surface area contributed by atoms with Crippen molar-refractivity contribution < 1.29 is 24.5 Å². The van der Waals surface area contributed by atoms with Crippen LogP contribution in [-0.4, -0.2) is 47.5 Å². The zero-order chi connectivity index (χ0) is 27.9. The van der Waals surface area contributed by atoms with Gasteiger partial charge in [0, 0.05) is 12.3 Å². The fourth-order valence-electron chi connectivity index (χ4n) is 5.22. The first-order valence-electron chi connectivity index (χ1n) is 13.4. The van der Waals surface area contributed by atoms with Crippen LogP contribution in [0.15, 0.2) is 103 Å². The molecule has 0 saturated heterocycles. The lowest BCUT2D eigenvalue weighted by Crippen LogP contribution is -2.52. The van der Waals surface area contributed by atoms with E-state index in [9.17, 15) is 19.8 Å².